The van der Waals surface area contributed by atoms with E-state index in [-0.39, 0.29) is 0 Å². The first-order valence-corrected chi connectivity index (χ1v) is 14.0. The Kier molecular flexibility index (Phi) is 43.6. The van der Waals surface area contributed by atoms with Crippen LogP contribution < -0.4 is 11.1 Å². The third-order valence-electron chi connectivity index (χ3n) is 5.48. The van der Waals surface area contributed by atoms with Gasteiger partial charge in [-0.3, -0.25) is 4.99 Å². The molecular formula is C32H59N3O3. The molecule has 0 saturated heterocycles. The van der Waals surface area contributed by atoms with E-state index < -0.39 is 0 Å². The monoisotopic (exact) mass is 533 g/mol. The Bertz CT molecular complexity index is 632. The van der Waals surface area contributed by atoms with E-state index in [9.17, 15) is 0 Å². The van der Waals surface area contributed by atoms with Crippen LogP contribution in [0.5, 0.6) is 0 Å². The molecule has 0 amide bonds. The largest absolute Gasteiger partial charge is 0.394 e. The van der Waals surface area contributed by atoms with Crippen molar-refractivity contribution in [1.82, 2.24) is 5.32 Å². The molecule has 0 aromatic rings. The van der Waals surface area contributed by atoms with Crippen molar-refractivity contribution >= 4 is 19.8 Å². The Hall–Kier alpha value is -2.57. The van der Waals surface area contributed by atoms with Crippen molar-refractivity contribution in [3.8, 4) is 0 Å². The molecule has 0 aliphatic heterocycles. The van der Waals surface area contributed by atoms with E-state index in [0.717, 1.165) is 37.9 Å². The minimum absolute atomic E-state index is 0.391. The van der Waals surface area contributed by atoms with Gasteiger partial charge in [-0.2, -0.15) is 0 Å². The van der Waals surface area contributed by atoms with Crippen LogP contribution in [0.2, 0.25) is 0 Å². The first-order chi connectivity index (χ1) is 18.6. The molecule has 0 radical (unpaired) electrons. The maximum absolute atomic E-state index is 8.81. The smallest absolute Gasteiger partial charge is 0.116 e. The third-order valence-corrected chi connectivity index (χ3v) is 5.48. The number of nitrogens with one attached hydrogen (secondary N) is 1. The van der Waals surface area contributed by atoms with Crippen LogP contribution in [-0.2, 0) is 14.3 Å². The number of nitrogens with zero attached hydrogens (tertiary/aromatic N) is 1. The number of carbonyl (C=O) groups excluding carboxylic acids is 2. The average molecular weight is 534 g/mol. The summed E-state index contributed by atoms with van der Waals surface area (Å²) < 4.78 is 5.44. The van der Waals surface area contributed by atoms with E-state index in [1.165, 1.54) is 64.5 Å². The standard InChI is InChI=1S/C26H42N2O.C2H4O.C2H6.CH5N.CH2O/c1-5-29-21-13-14-23(2)18-19-25(22-28-4)26(17-11-12-20-27-3)24-15-9-7-6-8-10-16-24;1-2-3;3*1-2/h11-12,17-20,22,24,26,28H,2-3,5-10,13-16,21H2,1,4H3;2H,1H3;1-2H3;2H2,1H3;1H2/b17-11-,19-18-,20-12-,25-22+;;;;. The first-order valence-electron chi connectivity index (χ1n) is 14.0. The van der Waals surface area contributed by atoms with E-state index in [1.54, 1.807) is 6.20 Å². The highest BCUT2D eigenvalue weighted by Crippen LogP contribution is 2.34. The summed E-state index contributed by atoms with van der Waals surface area (Å²) in [5, 5.41) is 3.26. The lowest BCUT2D eigenvalue weighted by Gasteiger charge is -2.28. The molecule has 1 saturated carbocycles. The topological polar surface area (TPSA) is 93.8 Å². The van der Waals surface area contributed by atoms with Gasteiger partial charge in [0.15, 0.2) is 0 Å². The summed E-state index contributed by atoms with van der Waals surface area (Å²) in [5.74, 6) is 1.06. The number of hydrogen-bond donors (Lipinski definition) is 2. The molecule has 220 valence electrons. The molecule has 0 heterocycles. The number of allylic oxidation sites excluding steroid dienone is 7. The summed E-state index contributed by atoms with van der Waals surface area (Å²) in [6, 6.07) is 0. The van der Waals surface area contributed by atoms with Gasteiger partial charge >= 0.3 is 0 Å². The number of aldehydes is 1. The predicted molar refractivity (Wildman–Crippen MR) is 169 cm³/mol. The maximum atomic E-state index is 8.81. The van der Waals surface area contributed by atoms with Gasteiger partial charge < -0.3 is 25.4 Å². The maximum Gasteiger partial charge on any atom is 0.116 e. The van der Waals surface area contributed by atoms with Gasteiger partial charge in [0.25, 0.3) is 0 Å². The fourth-order valence-electron chi connectivity index (χ4n) is 3.95. The Balaban J connectivity index is -0.000000572. The molecule has 1 unspecified atom stereocenters. The molecule has 1 atom stereocenters. The zero-order chi connectivity index (χ0) is 29.9. The Morgan fingerprint density at radius 3 is 2.13 bits per heavy atom. The molecule has 1 rings (SSSR count). The van der Waals surface area contributed by atoms with E-state index in [1.807, 2.05) is 40.7 Å². The number of rotatable bonds is 13. The quantitative estimate of drug-likeness (QED) is 0.111. The highest BCUT2D eigenvalue weighted by Gasteiger charge is 2.22. The minimum atomic E-state index is 0.391. The summed E-state index contributed by atoms with van der Waals surface area (Å²) in [5.41, 5.74) is 6.98. The normalized spacial score (nSPS) is 14.7. The summed E-state index contributed by atoms with van der Waals surface area (Å²) in [6.07, 6.45) is 26.9. The van der Waals surface area contributed by atoms with Gasteiger partial charge in [-0.25, -0.2) is 0 Å². The van der Waals surface area contributed by atoms with Crippen LogP contribution in [-0.4, -0.2) is 47.1 Å². The van der Waals surface area contributed by atoms with E-state index in [0.29, 0.717) is 11.8 Å². The van der Waals surface area contributed by atoms with Crippen molar-refractivity contribution in [2.24, 2.45) is 22.6 Å². The van der Waals surface area contributed by atoms with E-state index in [4.69, 9.17) is 14.3 Å². The van der Waals surface area contributed by atoms with Gasteiger partial charge in [0.2, 0.25) is 0 Å². The molecule has 0 aromatic heterocycles. The van der Waals surface area contributed by atoms with Crippen LogP contribution in [0.25, 0.3) is 0 Å². The summed E-state index contributed by atoms with van der Waals surface area (Å²) in [4.78, 5) is 20.6. The second-order valence-corrected chi connectivity index (χ2v) is 8.00. The molecule has 0 aromatic carbocycles. The molecular weight excluding hydrogens is 474 g/mol. The van der Waals surface area contributed by atoms with Gasteiger partial charge in [0.05, 0.1) is 0 Å². The number of ether oxygens (including phenoxy) is 1. The second-order valence-electron chi connectivity index (χ2n) is 8.00. The highest BCUT2D eigenvalue weighted by molar-refractivity contribution is 5.44. The van der Waals surface area contributed by atoms with Crippen LogP contribution in [0.15, 0.2) is 65.5 Å². The summed E-state index contributed by atoms with van der Waals surface area (Å²) in [7, 11) is 3.48. The van der Waals surface area contributed by atoms with Crippen molar-refractivity contribution in [3.63, 3.8) is 0 Å². The molecule has 38 heavy (non-hydrogen) atoms. The molecule has 0 bridgehead atoms. The van der Waals surface area contributed by atoms with Gasteiger partial charge in [-0.05, 0) is 70.9 Å². The molecule has 6 heteroatoms. The molecule has 1 fully saturated rings. The van der Waals surface area contributed by atoms with Crippen molar-refractivity contribution in [3.05, 3.63) is 60.5 Å². The van der Waals surface area contributed by atoms with Crippen molar-refractivity contribution in [2.45, 2.75) is 85.5 Å². The van der Waals surface area contributed by atoms with Gasteiger partial charge in [-0.1, -0.05) is 82.4 Å². The second kappa shape index (κ2) is 39.0. The van der Waals surface area contributed by atoms with Crippen LogP contribution in [0, 0.1) is 11.8 Å². The van der Waals surface area contributed by atoms with Crippen LogP contribution in [0.3, 0.4) is 0 Å². The van der Waals surface area contributed by atoms with Crippen molar-refractivity contribution in [2.75, 3.05) is 27.3 Å². The number of nitrogens with two attached hydrogens (primary N) is 1. The predicted octanol–water partition coefficient (Wildman–Crippen LogP) is 7.39. The SMILES string of the molecule is C=N/C=C\C=C/C(C(/C=C\C(=C)CCCOCC)=C/NC)C1CCCCCCC1.C=O.CC.CC=O.CN. The molecule has 3 N–H and O–H groups in total. The molecule has 6 nitrogen and oxygen atoms in total. The van der Waals surface area contributed by atoms with Crippen molar-refractivity contribution < 1.29 is 14.3 Å². The Labute approximate surface area is 235 Å². The fraction of sp³-hybridized carbons (Fsp3) is 0.594. The van der Waals surface area contributed by atoms with Crippen molar-refractivity contribution in [1.29, 1.82) is 0 Å². The lowest BCUT2D eigenvalue weighted by molar-refractivity contribution is -0.106. The number of hydrogen-bond acceptors (Lipinski definition) is 6. The van der Waals surface area contributed by atoms with Gasteiger partial charge in [0, 0.05) is 38.6 Å². The molecule has 1 aliphatic carbocycles. The van der Waals surface area contributed by atoms with Crippen LogP contribution >= 0.6 is 0 Å². The van der Waals surface area contributed by atoms with Gasteiger partial charge in [0.1, 0.15) is 13.1 Å². The number of aliphatic imine (C=N–C) groups is 1. The lowest BCUT2D eigenvalue weighted by atomic mass is 9.77. The lowest BCUT2D eigenvalue weighted by Crippen LogP contribution is -2.17. The average Bonchev–Trinajstić information content (AvgIpc) is 2.94. The van der Waals surface area contributed by atoms with E-state index in [2.05, 4.69) is 59.8 Å². The van der Waals surface area contributed by atoms with E-state index >= 15 is 0 Å². The fourth-order valence-corrected chi connectivity index (χ4v) is 3.95. The Morgan fingerprint density at radius 1 is 1.08 bits per heavy atom. The molecule has 0 spiro atoms. The highest BCUT2D eigenvalue weighted by atomic mass is 16.5. The number of carbonyl (C=O) groups is 2. The zero-order valence-electron chi connectivity index (χ0n) is 25.4. The minimum Gasteiger partial charge on any atom is -0.394 e. The van der Waals surface area contributed by atoms with Crippen LogP contribution in [0.1, 0.15) is 85.5 Å². The zero-order valence-corrected chi connectivity index (χ0v) is 25.4. The first kappa shape index (κ1) is 42.5. The van der Waals surface area contributed by atoms with Crippen LogP contribution in [0.4, 0.5) is 0 Å². The molecule has 1 aliphatic rings. The van der Waals surface area contributed by atoms with Gasteiger partial charge in [-0.15, -0.1) is 0 Å². The third kappa shape index (κ3) is 28.0. The summed E-state index contributed by atoms with van der Waals surface area (Å²) in [6.45, 7) is 18.8. The Morgan fingerprint density at radius 2 is 1.63 bits per heavy atom. The summed E-state index contributed by atoms with van der Waals surface area (Å²) >= 11 is 0.